The predicted molar refractivity (Wildman–Crippen MR) is 93.7 cm³/mol. The molecule has 0 aliphatic rings. The van der Waals surface area contributed by atoms with Gasteiger partial charge < -0.3 is 10.3 Å². The number of nitrogens with two attached hydrogens (primary N) is 1. The number of rotatable bonds is 4. The van der Waals surface area contributed by atoms with Gasteiger partial charge in [0.2, 0.25) is 0 Å². The summed E-state index contributed by atoms with van der Waals surface area (Å²) in [7, 11) is 0. The number of halogens is 2. The van der Waals surface area contributed by atoms with Crippen molar-refractivity contribution < 1.29 is 0 Å². The van der Waals surface area contributed by atoms with Gasteiger partial charge in [-0.25, -0.2) is 4.98 Å². The average Bonchev–Trinajstić information content (AvgIpc) is 2.70. The molecule has 114 valence electrons. The Hall–Kier alpha value is -1.00. The summed E-state index contributed by atoms with van der Waals surface area (Å²) in [5.41, 5.74) is 8.17. The molecule has 1 aromatic heterocycles. The zero-order valence-electron chi connectivity index (χ0n) is 12.8. The zero-order chi connectivity index (χ0) is 15.7. The third-order valence-corrected chi connectivity index (χ3v) is 4.51. The fourth-order valence-electron chi connectivity index (χ4n) is 2.34. The molecule has 2 N–H and O–H groups in total. The second-order valence-electron chi connectivity index (χ2n) is 5.99. The molecule has 21 heavy (non-hydrogen) atoms. The molecule has 0 saturated carbocycles. The van der Waals surface area contributed by atoms with Gasteiger partial charge in [-0.15, -0.1) is 0 Å². The van der Waals surface area contributed by atoms with Crippen LogP contribution < -0.4 is 5.73 Å². The maximum Gasteiger partial charge on any atom is 0.131 e. The highest BCUT2D eigenvalue weighted by molar-refractivity contribution is 9.10. The normalized spacial score (nSPS) is 11.6. The van der Waals surface area contributed by atoms with E-state index < -0.39 is 0 Å². The van der Waals surface area contributed by atoms with Crippen LogP contribution in [0.25, 0.3) is 11.3 Å². The Labute approximate surface area is 139 Å². The van der Waals surface area contributed by atoms with E-state index in [0.717, 1.165) is 33.9 Å². The van der Waals surface area contributed by atoms with E-state index in [9.17, 15) is 0 Å². The Morgan fingerprint density at radius 2 is 1.95 bits per heavy atom. The first-order valence-corrected chi connectivity index (χ1v) is 8.29. The average molecular weight is 371 g/mol. The van der Waals surface area contributed by atoms with E-state index in [0.29, 0.717) is 16.9 Å². The smallest absolute Gasteiger partial charge is 0.131 e. The van der Waals surface area contributed by atoms with Gasteiger partial charge in [-0.2, -0.15) is 0 Å². The minimum atomic E-state index is 0.329. The summed E-state index contributed by atoms with van der Waals surface area (Å²) >= 11 is 9.52. The number of aromatic nitrogens is 2. The SMILES string of the molecule is CC(C)Cn1c(C(C)C)nc(-c2ccc(Cl)c(Br)c2)c1N. The molecule has 0 aliphatic heterocycles. The molecule has 1 heterocycles. The fraction of sp³-hybridized carbons (Fsp3) is 0.438. The highest BCUT2D eigenvalue weighted by Gasteiger charge is 2.19. The van der Waals surface area contributed by atoms with Crippen molar-refractivity contribution in [2.24, 2.45) is 5.92 Å². The van der Waals surface area contributed by atoms with Crippen molar-refractivity contribution in [3.05, 3.63) is 33.5 Å². The Kier molecular flexibility index (Phi) is 4.99. The van der Waals surface area contributed by atoms with E-state index in [1.165, 1.54) is 0 Å². The van der Waals surface area contributed by atoms with Crippen LogP contribution in [-0.2, 0) is 6.54 Å². The van der Waals surface area contributed by atoms with Crippen molar-refractivity contribution in [2.75, 3.05) is 5.73 Å². The van der Waals surface area contributed by atoms with E-state index in [2.05, 4.69) is 48.2 Å². The van der Waals surface area contributed by atoms with Gasteiger partial charge in [-0.3, -0.25) is 0 Å². The molecule has 0 bridgehead atoms. The molecule has 0 unspecified atom stereocenters. The summed E-state index contributed by atoms with van der Waals surface area (Å²) in [6.45, 7) is 9.52. The molecular weight excluding hydrogens is 350 g/mol. The maximum atomic E-state index is 6.36. The minimum Gasteiger partial charge on any atom is -0.383 e. The molecule has 5 heteroatoms. The summed E-state index contributed by atoms with van der Waals surface area (Å²) in [6, 6.07) is 5.78. The van der Waals surface area contributed by atoms with Crippen molar-refractivity contribution in [1.82, 2.24) is 9.55 Å². The number of hydrogen-bond donors (Lipinski definition) is 1. The topological polar surface area (TPSA) is 43.8 Å². The molecule has 0 saturated heterocycles. The van der Waals surface area contributed by atoms with Gasteiger partial charge in [0.05, 0.1) is 5.02 Å². The standard InChI is InChI=1S/C16H21BrClN3/c1-9(2)8-21-15(19)14(20-16(21)10(3)4)11-5-6-13(18)12(17)7-11/h5-7,9-10H,8,19H2,1-4H3. The quantitative estimate of drug-likeness (QED) is 0.790. The molecule has 0 amide bonds. The van der Waals surface area contributed by atoms with Crippen LogP contribution in [0.5, 0.6) is 0 Å². The van der Waals surface area contributed by atoms with Crippen molar-refractivity contribution in [2.45, 2.75) is 40.2 Å². The first-order chi connectivity index (χ1) is 9.81. The number of imidazole rings is 1. The first-order valence-electron chi connectivity index (χ1n) is 7.12. The molecule has 0 spiro atoms. The number of hydrogen-bond acceptors (Lipinski definition) is 2. The summed E-state index contributed by atoms with van der Waals surface area (Å²) in [6.07, 6.45) is 0. The molecule has 0 atom stereocenters. The van der Waals surface area contributed by atoms with Gasteiger partial charge in [0.25, 0.3) is 0 Å². The second kappa shape index (κ2) is 6.41. The molecule has 2 rings (SSSR count). The van der Waals surface area contributed by atoms with Gasteiger partial charge in [-0.1, -0.05) is 45.4 Å². The Morgan fingerprint density at radius 3 is 2.48 bits per heavy atom. The highest BCUT2D eigenvalue weighted by atomic mass is 79.9. The van der Waals surface area contributed by atoms with Crippen LogP contribution in [0.4, 0.5) is 5.82 Å². The number of benzene rings is 1. The third kappa shape index (κ3) is 3.43. The van der Waals surface area contributed by atoms with Crippen LogP contribution >= 0.6 is 27.5 Å². The largest absolute Gasteiger partial charge is 0.383 e. The van der Waals surface area contributed by atoms with Crippen LogP contribution in [0, 0.1) is 5.92 Å². The molecule has 1 aromatic carbocycles. The van der Waals surface area contributed by atoms with Crippen LogP contribution in [0.3, 0.4) is 0 Å². The van der Waals surface area contributed by atoms with Crippen LogP contribution in [-0.4, -0.2) is 9.55 Å². The number of nitrogens with zero attached hydrogens (tertiary/aromatic N) is 2. The number of nitrogen functional groups attached to an aromatic ring is 1. The van der Waals surface area contributed by atoms with Gasteiger partial charge >= 0.3 is 0 Å². The fourth-order valence-corrected chi connectivity index (χ4v) is 2.83. The summed E-state index contributed by atoms with van der Waals surface area (Å²) < 4.78 is 2.98. The van der Waals surface area contributed by atoms with Crippen LogP contribution in [0.1, 0.15) is 39.4 Å². The van der Waals surface area contributed by atoms with E-state index in [-0.39, 0.29) is 0 Å². The lowest BCUT2D eigenvalue weighted by atomic mass is 10.1. The van der Waals surface area contributed by atoms with Crippen molar-refractivity contribution in [3.8, 4) is 11.3 Å². The highest BCUT2D eigenvalue weighted by Crippen LogP contribution is 2.33. The lowest BCUT2D eigenvalue weighted by Crippen LogP contribution is -2.12. The van der Waals surface area contributed by atoms with E-state index in [4.69, 9.17) is 22.3 Å². The Bertz CT molecular complexity index is 647. The number of anilines is 1. The Balaban J connectivity index is 2.56. The van der Waals surface area contributed by atoms with E-state index >= 15 is 0 Å². The minimum absolute atomic E-state index is 0.329. The van der Waals surface area contributed by atoms with Crippen LogP contribution in [0.15, 0.2) is 22.7 Å². The summed E-state index contributed by atoms with van der Waals surface area (Å²) in [5.74, 6) is 2.60. The summed E-state index contributed by atoms with van der Waals surface area (Å²) in [5, 5.41) is 0.683. The molecule has 0 radical (unpaired) electrons. The summed E-state index contributed by atoms with van der Waals surface area (Å²) in [4.78, 5) is 4.78. The van der Waals surface area contributed by atoms with Crippen LogP contribution in [0.2, 0.25) is 5.02 Å². The second-order valence-corrected chi connectivity index (χ2v) is 7.25. The van der Waals surface area contributed by atoms with Gasteiger partial charge in [0, 0.05) is 22.5 Å². The molecular formula is C16H21BrClN3. The monoisotopic (exact) mass is 369 g/mol. The van der Waals surface area contributed by atoms with Gasteiger partial charge in [0.15, 0.2) is 0 Å². The third-order valence-electron chi connectivity index (χ3n) is 3.29. The molecule has 2 aromatic rings. The van der Waals surface area contributed by atoms with E-state index in [1.807, 2.05) is 18.2 Å². The lowest BCUT2D eigenvalue weighted by molar-refractivity contribution is 0.502. The van der Waals surface area contributed by atoms with E-state index in [1.54, 1.807) is 0 Å². The predicted octanol–water partition coefficient (Wildman–Crippen LogP) is 5.33. The lowest BCUT2D eigenvalue weighted by Gasteiger charge is -2.14. The molecule has 3 nitrogen and oxygen atoms in total. The molecule has 0 fully saturated rings. The van der Waals surface area contributed by atoms with Crippen molar-refractivity contribution in [1.29, 1.82) is 0 Å². The van der Waals surface area contributed by atoms with Crippen molar-refractivity contribution in [3.63, 3.8) is 0 Å². The first kappa shape index (κ1) is 16.4. The van der Waals surface area contributed by atoms with Gasteiger partial charge in [0.1, 0.15) is 17.3 Å². The molecule has 0 aliphatic carbocycles. The van der Waals surface area contributed by atoms with Crippen molar-refractivity contribution >= 4 is 33.3 Å². The van der Waals surface area contributed by atoms with Gasteiger partial charge in [-0.05, 0) is 34.0 Å². The maximum absolute atomic E-state index is 6.36. The Morgan fingerprint density at radius 1 is 1.29 bits per heavy atom. The zero-order valence-corrected chi connectivity index (χ0v) is 15.2.